The molecule has 0 N–H and O–H groups in total. The summed E-state index contributed by atoms with van der Waals surface area (Å²) < 4.78 is 22.4. The normalized spacial score (nSPS) is 12.2. The van der Waals surface area contributed by atoms with Crippen LogP contribution in [0.1, 0.15) is 22.3 Å². The number of fused-ring (bicyclic) bond motifs is 3. The third-order valence-corrected chi connectivity index (χ3v) is 20.2. The van der Waals surface area contributed by atoms with Crippen LogP contribution in [0.3, 0.4) is 0 Å². The van der Waals surface area contributed by atoms with Crippen LogP contribution in [0.2, 0.25) is 13.1 Å². The number of rotatable bonds is 10. The molecule has 0 spiro atoms. The number of hydrogen-bond donors (Lipinski definition) is 0. The number of ether oxygens (including phenoxy) is 4. The van der Waals surface area contributed by atoms with Gasteiger partial charge in [-0.25, -0.2) is 0 Å². The van der Waals surface area contributed by atoms with E-state index in [4.69, 9.17) is 18.9 Å². The lowest BCUT2D eigenvalue weighted by Crippen LogP contribution is -2.66. The highest BCUT2D eigenvalue weighted by Crippen LogP contribution is 2.38. The average molecular weight is 707 g/mol. The molecule has 1 aliphatic carbocycles. The van der Waals surface area contributed by atoms with Crippen LogP contribution in [0.5, 0.6) is 23.0 Å². The summed E-state index contributed by atoms with van der Waals surface area (Å²) in [5, 5.41) is 8.33. The van der Waals surface area contributed by atoms with Crippen LogP contribution >= 0.6 is 0 Å². The van der Waals surface area contributed by atoms with Crippen molar-refractivity contribution in [3.05, 3.63) is 144 Å². The van der Waals surface area contributed by atoms with Gasteiger partial charge in [0.05, 0.1) is 28.4 Å². The van der Waals surface area contributed by atoms with Gasteiger partial charge in [0, 0.05) is 0 Å². The maximum atomic E-state index is 5.60. The number of hydrogen-bond acceptors (Lipinski definition) is 4. The van der Waals surface area contributed by atoms with Gasteiger partial charge in [-0.3, -0.25) is 0 Å². The first kappa shape index (κ1) is 34.4. The van der Waals surface area contributed by atoms with Gasteiger partial charge in [-0.1, -0.05) is 97.0 Å². The van der Waals surface area contributed by atoms with E-state index in [0.717, 1.165) is 29.4 Å². The van der Waals surface area contributed by atoms with Gasteiger partial charge in [-0.15, -0.1) is 0 Å². The summed E-state index contributed by atoms with van der Waals surface area (Å²) in [4.78, 5) is 0. The summed E-state index contributed by atoms with van der Waals surface area (Å²) in [7, 11) is 1.86. The molecule has 1 aliphatic rings. The van der Waals surface area contributed by atoms with Crippen LogP contribution in [-0.4, -0.2) is 44.6 Å². The highest BCUT2D eigenvalue weighted by Gasteiger charge is 2.42. The first-order valence-electron chi connectivity index (χ1n) is 17.5. The summed E-state index contributed by atoms with van der Waals surface area (Å²) in [6.45, 7) is 9.52. The Labute approximate surface area is 304 Å². The van der Waals surface area contributed by atoms with Gasteiger partial charge in [0.25, 0.3) is 0 Å². The van der Waals surface area contributed by atoms with Crippen molar-refractivity contribution in [1.29, 1.82) is 0 Å². The first-order valence-corrected chi connectivity index (χ1v) is 22.5. The standard InChI is InChI=1S/C45H46O4Si2/c1-30-25-40-41-26-31(2)28-45(51(8,38-21-13-34(48-5)14-22-38)39-23-15-35(49-6)16-24-39)43(41)29-42(40)44(27-30)50(7,36-17-9-32(46-3)10-18-36)37-19-11-33(47-4)12-20-37/h9-28H,29H2,1-8H3. The molecule has 0 atom stereocenters. The zero-order chi connectivity index (χ0) is 35.9. The molecule has 6 aromatic carbocycles. The molecular formula is C45H46O4Si2. The lowest BCUT2D eigenvalue weighted by molar-refractivity contribution is 0.415. The second kappa shape index (κ2) is 13.6. The van der Waals surface area contributed by atoms with Crippen molar-refractivity contribution in [2.45, 2.75) is 33.4 Å². The fraction of sp³-hybridized carbons (Fsp3) is 0.200. The number of benzene rings is 6. The topological polar surface area (TPSA) is 36.9 Å². The van der Waals surface area contributed by atoms with Crippen molar-refractivity contribution >= 4 is 47.3 Å². The van der Waals surface area contributed by atoms with E-state index in [0.29, 0.717) is 0 Å². The molecule has 0 amide bonds. The zero-order valence-corrected chi connectivity index (χ0v) is 32.9. The molecule has 0 unspecified atom stereocenters. The zero-order valence-electron chi connectivity index (χ0n) is 30.9. The summed E-state index contributed by atoms with van der Waals surface area (Å²) in [5.41, 5.74) is 8.20. The van der Waals surface area contributed by atoms with E-state index in [1.165, 1.54) is 64.5 Å². The van der Waals surface area contributed by atoms with Crippen molar-refractivity contribution in [2.75, 3.05) is 28.4 Å². The molecule has 0 fully saturated rings. The van der Waals surface area contributed by atoms with Crippen LogP contribution in [0.15, 0.2) is 121 Å². The molecule has 51 heavy (non-hydrogen) atoms. The summed E-state index contributed by atoms with van der Waals surface area (Å²) in [5.74, 6) is 3.47. The van der Waals surface area contributed by atoms with Crippen LogP contribution in [-0.2, 0) is 6.42 Å². The van der Waals surface area contributed by atoms with E-state index in [1.807, 2.05) is 0 Å². The van der Waals surface area contributed by atoms with Crippen LogP contribution in [0.25, 0.3) is 11.1 Å². The number of methoxy groups -OCH3 is 4. The molecule has 0 aromatic heterocycles. The molecular weight excluding hydrogens is 661 g/mol. The fourth-order valence-corrected chi connectivity index (χ4v) is 16.1. The molecule has 4 nitrogen and oxygen atoms in total. The van der Waals surface area contributed by atoms with E-state index in [2.05, 4.69) is 148 Å². The maximum absolute atomic E-state index is 5.60. The van der Waals surface area contributed by atoms with Gasteiger partial charge in [0.2, 0.25) is 0 Å². The lowest BCUT2D eigenvalue weighted by Gasteiger charge is -2.33. The van der Waals surface area contributed by atoms with E-state index in [1.54, 1.807) is 28.4 Å². The minimum Gasteiger partial charge on any atom is -0.497 e. The Morgan fingerprint density at radius 3 is 0.882 bits per heavy atom. The van der Waals surface area contributed by atoms with Gasteiger partial charge in [-0.05, 0) is 122 Å². The van der Waals surface area contributed by atoms with Gasteiger partial charge < -0.3 is 18.9 Å². The monoisotopic (exact) mass is 706 g/mol. The molecule has 0 radical (unpaired) electrons. The molecule has 6 heteroatoms. The van der Waals surface area contributed by atoms with Crippen LogP contribution in [0.4, 0.5) is 0 Å². The lowest BCUT2D eigenvalue weighted by atomic mass is 10.0. The molecule has 0 saturated carbocycles. The Kier molecular flexibility index (Phi) is 9.16. The summed E-state index contributed by atoms with van der Waals surface area (Å²) in [6, 6.07) is 44.9. The van der Waals surface area contributed by atoms with Crippen LogP contribution < -0.4 is 50.1 Å². The quantitative estimate of drug-likeness (QED) is 0.127. The predicted molar refractivity (Wildman–Crippen MR) is 217 cm³/mol. The van der Waals surface area contributed by atoms with Crippen LogP contribution in [0, 0.1) is 13.8 Å². The fourth-order valence-electron chi connectivity index (χ4n) is 8.22. The van der Waals surface area contributed by atoms with Crippen molar-refractivity contribution in [2.24, 2.45) is 0 Å². The van der Waals surface area contributed by atoms with Crippen molar-refractivity contribution in [3.63, 3.8) is 0 Å². The van der Waals surface area contributed by atoms with E-state index in [-0.39, 0.29) is 0 Å². The first-order chi connectivity index (χ1) is 24.6. The van der Waals surface area contributed by atoms with Gasteiger partial charge >= 0.3 is 0 Å². The Hall–Kier alpha value is -5.05. The van der Waals surface area contributed by atoms with Gasteiger partial charge in [-0.2, -0.15) is 0 Å². The Balaban J connectivity index is 1.47. The molecule has 7 rings (SSSR count). The predicted octanol–water partition coefficient (Wildman–Crippen LogP) is 6.11. The Morgan fingerprint density at radius 1 is 0.392 bits per heavy atom. The minimum absolute atomic E-state index is 0.869. The molecule has 258 valence electrons. The summed E-state index contributed by atoms with van der Waals surface area (Å²) >= 11 is 0. The average Bonchev–Trinajstić information content (AvgIpc) is 3.54. The summed E-state index contributed by atoms with van der Waals surface area (Å²) in [6.07, 6.45) is 0.889. The van der Waals surface area contributed by atoms with Crippen molar-refractivity contribution in [1.82, 2.24) is 0 Å². The SMILES string of the molecule is COc1ccc([Si](C)(c2ccc(OC)cc2)c2cc(C)cc3c2Cc2c-3cc(C)cc2[Si](C)(c2ccc(OC)cc2)c2ccc(OC)cc2)cc1. The third kappa shape index (κ3) is 5.86. The van der Waals surface area contributed by atoms with Gasteiger partial charge in [0.15, 0.2) is 0 Å². The number of aryl methyl sites for hydroxylation is 2. The minimum atomic E-state index is -2.53. The molecule has 0 heterocycles. The largest absolute Gasteiger partial charge is 0.497 e. The molecule has 0 aliphatic heterocycles. The van der Waals surface area contributed by atoms with E-state index in [9.17, 15) is 0 Å². The second-order valence-corrected chi connectivity index (χ2v) is 21.9. The highest BCUT2D eigenvalue weighted by molar-refractivity contribution is 7.11. The smallest absolute Gasteiger partial charge is 0.145 e. The van der Waals surface area contributed by atoms with E-state index < -0.39 is 16.1 Å². The highest BCUT2D eigenvalue weighted by atomic mass is 28.3. The van der Waals surface area contributed by atoms with Gasteiger partial charge in [0.1, 0.15) is 39.1 Å². The Morgan fingerprint density at radius 2 is 0.647 bits per heavy atom. The molecule has 0 saturated heterocycles. The molecule has 0 bridgehead atoms. The van der Waals surface area contributed by atoms with E-state index >= 15 is 0 Å². The molecule has 6 aromatic rings. The third-order valence-electron chi connectivity index (χ3n) is 11.2. The second-order valence-electron chi connectivity index (χ2n) is 14.0. The Bertz CT molecular complexity index is 1940. The van der Waals surface area contributed by atoms with Crippen molar-refractivity contribution in [3.8, 4) is 34.1 Å². The van der Waals surface area contributed by atoms with Crippen molar-refractivity contribution < 1.29 is 18.9 Å². The maximum Gasteiger partial charge on any atom is 0.145 e.